The van der Waals surface area contributed by atoms with Crippen LogP contribution in [0.15, 0.2) is 4.99 Å². The summed E-state index contributed by atoms with van der Waals surface area (Å²) in [5.41, 5.74) is 2.67. The predicted molar refractivity (Wildman–Crippen MR) is 79.9 cm³/mol. The Bertz CT molecular complexity index is 258. The van der Waals surface area contributed by atoms with Crippen LogP contribution in [0, 0.1) is 5.92 Å². The molecule has 1 rings (SSSR count). The minimum Gasteiger partial charge on any atom is -0.382 e. The molecule has 0 aromatic heterocycles. The second-order valence-corrected chi connectivity index (χ2v) is 5.38. The largest absolute Gasteiger partial charge is 0.382 e. The number of aliphatic imine (C=N–C) groups is 1. The van der Waals surface area contributed by atoms with Crippen molar-refractivity contribution in [1.82, 2.24) is 10.7 Å². The van der Waals surface area contributed by atoms with Crippen LogP contribution in [0.4, 0.5) is 0 Å². The maximum atomic E-state index is 5.52. The van der Waals surface area contributed by atoms with Crippen molar-refractivity contribution in [2.45, 2.75) is 58.4 Å². The lowest BCUT2D eigenvalue weighted by atomic mass is 10.0. The van der Waals surface area contributed by atoms with E-state index in [-0.39, 0.29) is 0 Å². The lowest BCUT2D eigenvalue weighted by Crippen LogP contribution is -2.46. The van der Waals surface area contributed by atoms with Gasteiger partial charge in [0, 0.05) is 25.8 Å². The second kappa shape index (κ2) is 10.0. The molecule has 0 spiro atoms. The molecule has 4 N–H and O–H groups in total. The van der Waals surface area contributed by atoms with Crippen molar-refractivity contribution >= 4 is 5.96 Å². The molecule has 1 aliphatic carbocycles. The Labute approximate surface area is 117 Å². The summed E-state index contributed by atoms with van der Waals surface area (Å²) in [6.45, 7) is 6.62. The monoisotopic (exact) mass is 270 g/mol. The van der Waals surface area contributed by atoms with Crippen LogP contribution < -0.4 is 16.6 Å². The van der Waals surface area contributed by atoms with Crippen LogP contribution in [-0.2, 0) is 4.74 Å². The summed E-state index contributed by atoms with van der Waals surface area (Å²) in [5, 5.41) is 3.43. The molecule has 1 fully saturated rings. The zero-order chi connectivity index (χ0) is 13.9. The molecule has 2 unspecified atom stereocenters. The number of hydrogen-bond donors (Lipinski definition) is 3. The van der Waals surface area contributed by atoms with Gasteiger partial charge in [0.05, 0.1) is 0 Å². The molecule has 0 aliphatic heterocycles. The van der Waals surface area contributed by atoms with E-state index >= 15 is 0 Å². The SMILES string of the molecule is CCOCCCN=C(NN)NC1CCCC(C)CC1. The minimum absolute atomic E-state index is 0.506. The Hall–Kier alpha value is -0.810. The molecule has 0 bridgehead atoms. The Morgan fingerprint density at radius 1 is 1.32 bits per heavy atom. The lowest BCUT2D eigenvalue weighted by molar-refractivity contribution is 0.146. The highest BCUT2D eigenvalue weighted by Crippen LogP contribution is 2.22. The number of rotatable bonds is 6. The molecule has 19 heavy (non-hydrogen) atoms. The highest BCUT2D eigenvalue weighted by Gasteiger charge is 2.16. The molecule has 0 radical (unpaired) electrons. The number of ether oxygens (including phenoxy) is 1. The van der Waals surface area contributed by atoms with Crippen molar-refractivity contribution in [2.75, 3.05) is 19.8 Å². The number of nitrogens with two attached hydrogens (primary N) is 1. The maximum Gasteiger partial charge on any atom is 0.205 e. The third-order valence-electron chi connectivity index (χ3n) is 3.66. The van der Waals surface area contributed by atoms with E-state index in [1.165, 1.54) is 32.1 Å². The highest BCUT2D eigenvalue weighted by atomic mass is 16.5. The number of hydrazine groups is 1. The molecular weight excluding hydrogens is 240 g/mol. The van der Waals surface area contributed by atoms with Crippen molar-refractivity contribution in [2.24, 2.45) is 16.8 Å². The number of nitrogens with zero attached hydrogens (tertiary/aromatic N) is 1. The summed E-state index contributed by atoms with van der Waals surface area (Å²) in [7, 11) is 0. The molecule has 1 aliphatic rings. The standard InChI is InChI=1S/C14H30N4O/c1-3-19-11-5-10-16-14(18-15)17-13-7-4-6-12(2)8-9-13/h12-13H,3-11,15H2,1-2H3,(H2,16,17,18). The van der Waals surface area contributed by atoms with E-state index in [1.54, 1.807) is 0 Å². The van der Waals surface area contributed by atoms with E-state index in [1.807, 2.05) is 6.92 Å². The summed E-state index contributed by atoms with van der Waals surface area (Å²) in [5.74, 6) is 7.09. The van der Waals surface area contributed by atoms with Crippen molar-refractivity contribution in [3.63, 3.8) is 0 Å². The number of nitrogens with one attached hydrogen (secondary N) is 2. The van der Waals surface area contributed by atoms with Gasteiger partial charge in [-0.25, -0.2) is 5.84 Å². The van der Waals surface area contributed by atoms with Gasteiger partial charge in [-0.3, -0.25) is 10.4 Å². The molecule has 2 atom stereocenters. The smallest absolute Gasteiger partial charge is 0.205 e. The summed E-state index contributed by atoms with van der Waals surface area (Å²) in [4.78, 5) is 4.45. The zero-order valence-electron chi connectivity index (χ0n) is 12.5. The van der Waals surface area contributed by atoms with E-state index in [9.17, 15) is 0 Å². The fourth-order valence-electron chi connectivity index (χ4n) is 2.46. The molecule has 112 valence electrons. The Morgan fingerprint density at radius 3 is 2.89 bits per heavy atom. The zero-order valence-corrected chi connectivity index (χ0v) is 12.5. The highest BCUT2D eigenvalue weighted by molar-refractivity contribution is 5.79. The predicted octanol–water partition coefficient (Wildman–Crippen LogP) is 1.79. The van der Waals surface area contributed by atoms with Crippen molar-refractivity contribution < 1.29 is 4.74 Å². The minimum atomic E-state index is 0.506. The number of guanidine groups is 1. The van der Waals surface area contributed by atoms with Crippen molar-refractivity contribution in [1.29, 1.82) is 0 Å². The van der Waals surface area contributed by atoms with Crippen molar-refractivity contribution in [3.8, 4) is 0 Å². The average molecular weight is 270 g/mol. The first-order chi connectivity index (χ1) is 9.26. The Kier molecular flexibility index (Phi) is 8.58. The van der Waals surface area contributed by atoms with Gasteiger partial charge in [0.15, 0.2) is 0 Å². The molecule has 0 aromatic carbocycles. The first-order valence-electron chi connectivity index (χ1n) is 7.61. The fraction of sp³-hybridized carbons (Fsp3) is 0.929. The summed E-state index contributed by atoms with van der Waals surface area (Å²) in [6, 6.07) is 0.506. The van der Waals surface area contributed by atoms with Gasteiger partial charge in [-0.15, -0.1) is 0 Å². The average Bonchev–Trinajstić information content (AvgIpc) is 2.62. The quantitative estimate of drug-likeness (QED) is 0.172. The van der Waals surface area contributed by atoms with E-state index in [2.05, 4.69) is 22.7 Å². The van der Waals surface area contributed by atoms with Crippen LogP contribution in [0.5, 0.6) is 0 Å². The molecular formula is C14H30N4O. The number of hydrogen-bond acceptors (Lipinski definition) is 3. The van der Waals surface area contributed by atoms with E-state index < -0.39 is 0 Å². The van der Waals surface area contributed by atoms with Crippen LogP contribution in [0.3, 0.4) is 0 Å². The van der Waals surface area contributed by atoms with Crippen LogP contribution in [0.1, 0.15) is 52.4 Å². The molecule has 0 heterocycles. The van der Waals surface area contributed by atoms with Crippen LogP contribution in [0.25, 0.3) is 0 Å². The van der Waals surface area contributed by atoms with E-state index in [0.29, 0.717) is 6.04 Å². The van der Waals surface area contributed by atoms with Gasteiger partial charge >= 0.3 is 0 Å². The third kappa shape index (κ3) is 7.38. The van der Waals surface area contributed by atoms with Crippen molar-refractivity contribution in [3.05, 3.63) is 0 Å². The van der Waals surface area contributed by atoms with Crippen LogP contribution in [-0.4, -0.2) is 31.8 Å². The maximum absolute atomic E-state index is 5.52. The first-order valence-corrected chi connectivity index (χ1v) is 7.61. The van der Waals surface area contributed by atoms with Gasteiger partial charge in [-0.1, -0.05) is 19.8 Å². The summed E-state index contributed by atoms with van der Waals surface area (Å²) >= 11 is 0. The third-order valence-corrected chi connectivity index (χ3v) is 3.66. The second-order valence-electron chi connectivity index (χ2n) is 5.38. The van der Waals surface area contributed by atoms with E-state index in [4.69, 9.17) is 10.6 Å². The molecule has 0 aromatic rings. The van der Waals surface area contributed by atoms with Gasteiger partial charge in [0.2, 0.25) is 5.96 Å². The van der Waals surface area contributed by atoms with Gasteiger partial charge in [0.25, 0.3) is 0 Å². The fourth-order valence-corrected chi connectivity index (χ4v) is 2.46. The molecule has 5 nitrogen and oxygen atoms in total. The summed E-state index contributed by atoms with van der Waals surface area (Å²) < 4.78 is 5.29. The molecule has 0 saturated heterocycles. The van der Waals surface area contributed by atoms with Crippen LogP contribution in [0.2, 0.25) is 0 Å². The Morgan fingerprint density at radius 2 is 2.16 bits per heavy atom. The van der Waals surface area contributed by atoms with Gasteiger partial charge in [-0.2, -0.15) is 0 Å². The van der Waals surface area contributed by atoms with Gasteiger partial charge < -0.3 is 10.1 Å². The lowest BCUT2D eigenvalue weighted by Gasteiger charge is -2.18. The van der Waals surface area contributed by atoms with E-state index in [0.717, 1.165) is 38.1 Å². The molecule has 0 amide bonds. The topological polar surface area (TPSA) is 71.7 Å². The first kappa shape index (κ1) is 16.2. The summed E-state index contributed by atoms with van der Waals surface area (Å²) in [6.07, 6.45) is 7.28. The molecule has 1 saturated carbocycles. The van der Waals surface area contributed by atoms with Gasteiger partial charge in [0.1, 0.15) is 0 Å². The Balaban J connectivity index is 2.27. The van der Waals surface area contributed by atoms with Gasteiger partial charge in [-0.05, 0) is 38.5 Å². The normalized spacial score (nSPS) is 24.9. The molecule has 5 heteroatoms. The van der Waals surface area contributed by atoms with Crippen LogP contribution >= 0.6 is 0 Å².